The summed E-state index contributed by atoms with van der Waals surface area (Å²) in [6.07, 6.45) is 7.15. The topological polar surface area (TPSA) is 66.2 Å². The SMILES string of the molecule is Brc1cccnc1.O[B]O.[Ar].c1ccc(-c2cccnc2)cc1. The van der Waals surface area contributed by atoms with E-state index >= 15 is 0 Å². The molecule has 0 aliphatic heterocycles. The number of pyridine rings is 2. The molecule has 0 bridgehead atoms. The van der Waals surface area contributed by atoms with Crippen molar-refractivity contribution in [1.29, 1.82) is 0 Å². The van der Waals surface area contributed by atoms with Gasteiger partial charge in [-0.1, -0.05) is 36.4 Å². The first kappa shape index (κ1) is 22.2. The van der Waals surface area contributed by atoms with Crippen LogP contribution in [0.25, 0.3) is 11.1 Å². The Morgan fingerprint density at radius 1 is 0.739 bits per heavy atom. The van der Waals surface area contributed by atoms with E-state index in [0.29, 0.717) is 0 Å². The predicted octanol–water partition coefficient (Wildman–Crippen LogP) is 3.10. The van der Waals surface area contributed by atoms with Crippen molar-refractivity contribution in [1.82, 2.24) is 9.97 Å². The molecule has 0 aliphatic rings. The molecule has 1 radical (unpaired) electrons. The fourth-order valence-electron chi connectivity index (χ4n) is 1.51. The zero-order chi connectivity index (χ0) is 16.0. The molecule has 2 N–H and O–H groups in total. The quantitative estimate of drug-likeness (QED) is 0.619. The third-order valence-electron chi connectivity index (χ3n) is 2.39. The van der Waals surface area contributed by atoms with E-state index in [0.717, 1.165) is 10.0 Å². The molecule has 0 saturated heterocycles. The Hall–Kier alpha value is -0.755. The fourth-order valence-corrected chi connectivity index (χ4v) is 1.78. The summed E-state index contributed by atoms with van der Waals surface area (Å²) in [4.78, 5) is 7.90. The summed E-state index contributed by atoms with van der Waals surface area (Å²) in [5.74, 6) is 0. The van der Waals surface area contributed by atoms with Crippen molar-refractivity contribution >= 4 is 23.6 Å². The molecule has 119 valence electrons. The maximum Gasteiger partial charge on any atom is 0.482 e. The van der Waals surface area contributed by atoms with Gasteiger partial charge in [0.2, 0.25) is 0 Å². The Balaban J connectivity index is 0.000000378. The molecular weight excluding hydrogens is 383 g/mol. The average Bonchev–Trinajstić information content (AvgIpc) is 2.59. The third-order valence-corrected chi connectivity index (χ3v) is 2.86. The van der Waals surface area contributed by atoms with Gasteiger partial charge in [-0.3, -0.25) is 9.97 Å². The molecular formula is C16H15ArBBrN2O2. The Morgan fingerprint density at radius 3 is 1.65 bits per heavy atom. The van der Waals surface area contributed by atoms with E-state index in [1.165, 1.54) is 5.56 Å². The minimum atomic E-state index is 0. The number of benzene rings is 1. The van der Waals surface area contributed by atoms with Crippen LogP contribution in [-0.4, -0.2) is 27.7 Å². The van der Waals surface area contributed by atoms with Gasteiger partial charge in [-0.15, -0.1) is 0 Å². The zero-order valence-corrected chi connectivity index (χ0v) is 14.4. The van der Waals surface area contributed by atoms with Crippen LogP contribution in [0.15, 0.2) is 83.9 Å². The second kappa shape index (κ2) is 14.8. The van der Waals surface area contributed by atoms with Gasteiger partial charge in [-0.25, -0.2) is 0 Å². The second-order valence-electron chi connectivity index (χ2n) is 3.89. The molecule has 7 heteroatoms. The minimum Gasteiger partial charge on any atom is -0.429 e. The molecule has 0 amide bonds. The Labute approximate surface area is 175 Å². The Kier molecular flexibility index (Phi) is 14.3. The largest absolute Gasteiger partial charge is 0.482 e. The summed E-state index contributed by atoms with van der Waals surface area (Å²) >= 11 is 3.25. The molecule has 0 aliphatic carbocycles. The van der Waals surface area contributed by atoms with Crippen LogP contribution < -0.4 is 0 Å². The van der Waals surface area contributed by atoms with Crippen molar-refractivity contribution in [3.05, 3.63) is 83.9 Å². The van der Waals surface area contributed by atoms with Gasteiger partial charge < -0.3 is 10.0 Å². The number of hydrogen-bond donors (Lipinski definition) is 2. The van der Waals surface area contributed by atoms with E-state index in [9.17, 15) is 0 Å². The average molecular weight is 398 g/mol. The zero-order valence-electron chi connectivity index (χ0n) is 12.1. The molecule has 2 aromatic heterocycles. The van der Waals surface area contributed by atoms with E-state index in [1.54, 1.807) is 18.6 Å². The van der Waals surface area contributed by atoms with Crippen molar-refractivity contribution in [2.24, 2.45) is 0 Å². The molecule has 3 aromatic rings. The van der Waals surface area contributed by atoms with Crippen LogP contribution in [0, 0.1) is 37.7 Å². The first-order chi connectivity index (χ1) is 10.8. The summed E-state index contributed by atoms with van der Waals surface area (Å²) in [5.41, 5.74) is 2.38. The second-order valence-corrected chi connectivity index (χ2v) is 4.81. The molecule has 0 unspecified atom stereocenters. The molecule has 2 heterocycles. The van der Waals surface area contributed by atoms with Gasteiger partial charge in [0.05, 0.1) is 0 Å². The first-order valence-electron chi connectivity index (χ1n) is 6.39. The smallest absolute Gasteiger partial charge is 0.429 e. The monoisotopic (exact) mass is 397 g/mol. The normalized spacial score (nSPS) is 8.30. The number of rotatable bonds is 1. The van der Waals surface area contributed by atoms with E-state index in [1.807, 2.05) is 42.6 Å². The first-order valence-corrected chi connectivity index (χ1v) is 7.18. The van der Waals surface area contributed by atoms with Crippen LogP contribution in [0.1, 0.15) is 0 Å². The third kappa shape index (κ3) is 10.6. The summed E-state index contributed by atoms with van der Waals surface area (Å²) in [6, 6.07) is 18.1. The summed E-state index contributed by atoms with van der Waals surface area (Å²) < 4.78 is 1.02. The Morgan fingerprint density at radius 2 is 1.26 bits per heavy atom. The maximum absolute atomic E-state index is 7.00. The minimum absolute atomic E-state index is 0. The van der Waals surface area contributed by atoms with Gasteiger partial charge in [0.25, 0.3) is 0 Å². The van der Waals surface area contributed by atoms with Gasteiger partial charge in [0.1, 0.15) is 0 Å². The van der Waals surface area contributed by atoms with Crippen LogP contribution in [0.5, 0.6) is 0 Å². The molecule has 3 rings (SSSR count). The summed E-state index contributed by atoms with van der Waals surface area (Å²) in [5, 5.41) is 14.0. The Bertz CT molecular complexity index is 581. The number of aromatic nitrogens is 2. The predicted molar refractivity (Wildman–Crippen MR) is 91.8 cm³/mol. The van der Waals surface area contributed by atoms with Crippen LogP contribution in [-0.2, 0) is 0 Å². The van der Waals surface area contributed by atoms with Crippen molar-refractivity contribution in [2.75, 3.05) is 0 Å². The molecule has 0 spiro atoms. The molecule has 0 atom stereocenters. The van der Waals surface area contributed by atoms with Crippen LogP contribution in [0.2, 0.25) is 0 Å². The van der Waals surface area contributed by atoms with Crippen molar-refractivity contribution in [3.63, 3.8) is 0 Å². The van der Waals surface area contributed by atoms with Crippen LogP contribution in [0.3, 0.4) is 0 Å². The van der Waals surface area contributed by atoms with Gasteiger partial charge in [0.15, 0.2) is 0 Å². The van der Waals surface area contributed by atoms with Gasteiger partial charge in [-0.2, -0.15) is 0 Å². The van der Waals surface area contributed by atoms with Gasteiger partial charge >= 0.3 is 7.69 Å². The van der Waals surface area contributed by atoms with Crippen LogP contribution >= 0.6 is 15.9 Å². The van der Waals surface area contributed by atoms with Gasteiger partial charge in [-0.05, 0) is 45.3 Å². The summed E-state index contributed by atoms with van der Waals surface area (Å²) in [7, 11) is 0. The van der Waals surface area contributed by atoms with Gasteiger partial charge in [0, 0.05) is 67.0 Å². The van der Waals surface area contributed by atoms with Crippen molar-refractivity contribution in [3.8, 4) is 11.1 Å². The standard InChI is InChI=1S/C11H9N.C5H4BrN.Ar.BH2O2/c1-2-5-10(6-3-1)11-7-4-8-12-9-11;6-5-2-1-3-7-4-5;;2-1-3/h1-9H;1-4H;;2-3H. The number of nitrogens with zero attached hydrogens (tertiary/aromatic N) is 2. The fraction of sp³-hybridized carbons (Fsp3) is 0. The number of halogens is 1. The summed E-state index contributed by atoms with van der Waals surface area (Å²) in [6.45, 7) is 0. The van der Waals surface area contributed by atoms with Crippen molar-refractivity contribution < 1.29 is 47.8 Å². The molecule has 23 heavy (non-hydrogen) atoms. The van der Waals surface area contributed by atoms with E-state index < -0.39 is 0 Å². The number of hydrogen-bond acceptors (Lipinski definition) is 4. The van der Waals surface area contributed by atoms with E-state index in [-0.39, 0.29) is 45.4 Å². The molecule has 4 nitrogen and oxygen atoms in total. The molecule has 0 fully saturated rings. The van der Waals surface area contributed by atoms with E-state index in [4.69, 9.17) is 10.0 Å². The molecule has 0 saturated carbocycles. The molecule has 1 aromatic carbocycles. The maximum atomic E-state index is 7.00. The van der Waals surface area contributed by atoms with Crippen molar-refractivity contribution in [2.45, 2.75) is 0 Å². The van der Waals surface area contributed by atoms with Crippen LogP contribution in [0.4, 0.5) is 0 Å². The van der Waals surface area contributed by atoms with E-state index in [2.05, 4.69) is 44.1 Å².